The van der Waals surface area contributed by atoms with E-state index in [2.05, 4.69) is 17.4 Å². The Morgan fingerprint density at radius 3 is 2.67 bits per heavy atom. The zero-order chi connectivity index (χ0) is 14.7. The Morgan fingerprint density at radius 2 is 1.90 bits per heavy atom. The molecule has 3 nitrogen and oxygen atoms in total. The second kappa shape index (κ2) is 5.83. The molecule has 0 spiro atoms. The van der Waals surface area contributed by atoms with Crippen LogP contribution in [0.3, 0.4) is 0 Å². The summed E-state index contributed by atoms with van der Waals surface area (Å²) in [5.74, 6) is 0.203. The smallest absolute Gasteiger partial charge is 0.287 e. The molecule has 21 heavy (non-hydrogen) atoms. The van der Waals surface area contributed by atoms with Gasteiger partial charge in [0, 0.05) is 11.9 Å². The Labute approximate surface area is 123 Å². The van der Waals surface area contributed by atoms with Crippen molar-refractivity contribution in [3.8, 4) is 0 Å². The molecule has 0 atom stereocenters. The first-order valence-corrected chi connectivity index (χ1v) is 7.05. The van der Waals surface area contributed by atoms with E-state index in [4.69, 9.17) is 4.42 Å². The van der Waals surface area contributed by atoms with E-state index < -0.39 is 0 Å². The van der Waals surface area contributed by atoms with Gasteiger partial charge < -0.3 is 9.73 Å². The number of para-hydroxylation sites is 1. The second-order valence-electron chi connectivity index (χ2n) is 5.10. The number of amides is 1. The van der Waals surface area contributed by atoms with Gasteiger partial charge >= 0.3 is 0 Å². The van der Waals surface area contributed by atoms with Crippen LogP contribution in [-0.2, 0) is 6.42 Å². The Morgan fingerprint density at radius 1 is 1.10 bits per heavy atom. The summed E-state index contributed by atoms with van der Waals surface area (Å²) >= 11 is 0. The highest BCUT2D eigenvalue weighted by Gasteiger charge is 2.12. The molecule has 0 aliphatic rings. The summed E-state index contributed by atoms with van der Waals surface area (Å²) in [6.45, 7) is 2.57. The number of carbonyl (C=O) groups is 1. The maximum Gasteiger partial charge on any atom is 0.287 e. The molecule has 0 aliphatic heterocycles. The van der Waals surface area contributed by atoms with Crippen LogP contribution in [-0.4, -0.2) is 12.5 Å². The third-order valence-corrected chi connectivity index (χ3v) is 3.51. The van der Waals surface area contributed by atoms with Crippen molar-refractivity contribution >= 4 is 16.9 Å². The van der Waals surface area contributed by atoms with Gasteiger partial charge in [0.25, 0.3) is 5.91 Å². The van der Waals surface area contributed by atoms with Crippen LogP contribution in [0.2, 0.25) is 0 Å². The fourth-order valence-electron chi connectivity index (χ4n) is 2.37. The van der Waals surface area contributed by atoms with Crippen LogP contribution in [0.4, 0.5) is 0 Å². The molecule has 0 saturated heterocycles. The molecule has 0 unspecified atom stereocenters. The second-order valence-corrected chi connectivity index (χ2v) is 5.10. The van der Waals surface area contributed by atoms with E-state index in [0.717, 1.165) is 23.0 Å². The molecule has 106 valence electrons. The van der Waals surface area contributed by atoms with Crippen LogP contribution in [0.25, 0.3) is 11.0 Å². The van der Waals surface area contributed by atoms with Crippen LogP contribution in [0.1, 0.15) is 21.7 Å². The summed E-state index contributed by atoms with van der Waals surface area (Å²) in [5.41, 5.74) is 3.03. The van der Waals surface area contributed by atoms with E-state index in [1.165, 1.54) is 5.56 Å². The van der Waals surface area contributed by atoms with E-state index in [1.807, 2.05) is 43.3 Å². The number of rotatable bonds is 4. The van der Waals surface area contributed by atoms with Crippen molar-refractivity contribution in [1.29, 1.82) is 0 Å². The van der Waals surface area contributed by atoms with E-state index in [-0.39, 0.29) is 5.91 Å². The van der Waals surface area contributed by atoms with Gasteiger partial charge in [0.05, 0.1) is 0 Å². The number of nitrogens with one attached hydrogen (secondary N) is 1. The molecule has 0 fully saturated rings. The molecule has 3 rings (SSSR count). The molecule has 0 saturated carbocycles. The minimum atomic E-state index is -0.165. The third-order valence-electron chi connectivity index (χ3n) is 3.51. The molecule has 1 N–H and O–H groups in total. The fourth-order valence-corrected chi connectivity index (χ4v) is 2.37. The normalized spacial score (nSPS) is 10.7. The molecule has 1 aromatic heterocycles. The standard InChI is InChI=1S/C18H17NO2/c1-13-6-5-9-15-12-16(21-17(13)15)18(20)19-11-10-14-7-3-2-4-8-14/h2-9,12H,10-11H2,1H3,(H,19,20). The summed E-state index contributed by atoms with van der Waals surface area (Å²) in [7, 11) is 0. The SMILES string of the molecule is Cc1cccc2cc(C(=O)NCCc3ccccc3)oc12. The number of benzene rings is 2. The highest BCUT2D eigenvalue weighted by Crippen LogP contribution is 2.22. The van der Waals surface area contributed by atoms with Crippen LogP contribution in [0.5, 0.6) is 0 Å². The third kappa shape index (κ3) is 2.97. The maximum absolute atomic E-state index is 12.1. The summed E-state index contributed by atoms with van der Waals surface area (Å²) in [5, 5.41) is 3.86. The zero-order valence-electron chi connectivity index (χ0n) is 11.9. The van der Waals surface area contributed by atoms with Gasteiger partial charge in [0.1, 0.15) is 5.58 Å². The van der Waals surface area contributed by atoms with Crippen LogP contribution in [0.15, 0.2) is 59.0 Å². The molecular formula is C18H17NO2. The minimum Gasteiger partial charge on any atom is -0.451 e. The van der Waals surface area contributed by atoms with Gasteiger partial charge in [0.15, 0.2) is 5.76 Å². The van der Waals surface area contributed by atoms with E-state index in [0.29, 0.717) is 12.3 Å². The van der Waals surface area contributed by atoms with Crippen molar-refractivity contribution < 1.29 is 9.21 Å². The Hall–Kier alpha value is -2.55. The van der Waals surface area contributed by atoms with Gasteiger partial charge in [-0.3, -0.25) is 4.79 Å². The molecule has 3 heteroatoms. The molecule has 3 aromatic rings. The van der Waals surface area contributed by atoms with Crippen molar-refractivity contribution in [3.63, 3.8) is 0 Å². The van der Waals surface area contributed by atoms with E-state index in [9.17, 15) is 4.79 Å². The van der Waals surface area contributed by atoms with Gasteiger partial charge in [0.2, 0.25) is 0 Å². The van der Waals surface area contributed by atoms with E-state index >= 15 is 0 Å². The molecular weight excluding hydrogens is 262 g/mol. The highest BCUT2D eigenvalue weighted by molar-refractivity contribution is 5.96. The first-order valence-electron chi connectivity index (χ1n) is 7.05. The van der Waals surface area contributed by atoms with Gasteiger partial charge in [-0.2, -0.15) is 0 Å². The first kappa shape index (κ1) is 13.4. The number of aryl methyl sites for hydroxylation is 1. The molecule has 2 aromatic carbocycles. The molecule has 0 radical (unpaired) electrons. The first-order chi connectivity index (χ1) is 10.2. The van der Waals surface area contributed by atoms with Crippen molar-refractivity contribution in [2.45, 2.75) is 13.3 Å². The largest absolute Gasteiger partial charge is 0.451 e. The number of fused-ring (bicyclic) bond motifs is 1. The average Bonchev–Trinajstić information content (AvgIpc) is 2.94. The molecule has 0 bridgehead atoms. The van der Waals surface area contributed by atoms with Crippen molar-refractivity contribution in [2.75, 3.05) is 6.54 Å². The Balaban J connectivity index is 1.65. The monoisotopic (exact) mass is 279 g/mol. The average molecular weight is 279 g/mol. The maximum atomic E-state index is 12.1. The van der Waals surface area contributed by atoms with Crippen molar-refractivity contribution in [1.82, 2.24) is 5.32 Å². The quantitative estimate of drug-likeness (QED) is 0.791. The fraction of sp³-hybridized carbons (Fsp3) is 0.167. The number of furan rings is 1. The summed E-state index contributed by atoms with van der Waals surface area (Å²) < 4.78 is 5.65. The lowest BCUT2D eigenvalue weighted by Gasteiger charge is -2.03. The molecule has 1 amide bonds. The van der Waals surface area contributed by atoms with Gasteiger partial charge in [-0.25, -0.2) is 0 Å². The summed E-state index contributed by atoms with van der Waals surface area (Å²) in [6, 6.07) is 17.8. The van der Waals surface area contributed by atoms with Gasteiger partial charge in [-0.1, -0.05) is 48.5 Å². The lowest BCUT2D eigenvalue weighted by molar-refractivity contribution is 0.0928. The molecule has 1 heterocycles. The Bertz CT molecular complexity index is 759. The number of hydrogen-bond donors (Lipinski definition) is 1. The van der Waals surface area contributed by atoms with Crippen molar-refractivity contribution in [3.05, 3.63) is 71.5 Å². The predicted molar refractivity (Wildman–Crippen MR) is 83.4 cm³/mol. The molecule has 0 aliphatic carbocycles. The van der Waals surface area contributed by atoms with E-state index in [1.54, 1.807) is 6.07 Å². The number of carbonyl (C=O) groups excluding carboxylic acids is 1. The lowest BCUT2D eigenvalue weighted by atomic mass is 10.1. The lowest BCUT2D eigenvalue weighted by Crippen LogP contribution is -2.25. The van der Waals surface area contributed by atoms with Crippen LogP contribution >= 0.6 is 0 Å². The Kier molecular flexibility index (Phi) is 3.73. The van der Waals surface area contributed by atoms with Gasteiger partial charge in [-0.15, -0.1) is 0 Å². The van der Waals surface area contributed by atoms with Crippen molar-refractivity contribution in [2.24, 2.45) is 0 Å². The topological polar surface area (TPSA) is 42.2 Å². The summed E-state index contributed by atoms with van der Waals surface area (Å²) in [4.78, 5) is 12.1. The van der Waals surface area contributed by atoms with Crippen LogP contribution in [0, 0.1) is 6.92 Å². The van der Waals surface area contributed by atoms with Gasteiger partial charge in [-0.05, 0) is 30.5 Å². The summed E-state index contributed by atoms with van der Waals surface area (Å²) in [6.07, 6.45) is 0.811. The minimum absolute atomic E-state index is 0.165. The van der Waals surface area contributed by atoms with Crippen LogP contribution < -0.4 is 5.32 Å². The zero-order valence-corrected chi connectivity index (χ0v) is 11.9. The predicted octanol–water partition coefficient (Wildman–Crippen LogP) is 3.71. The highest BCUT2D eigenvalue weighted by atomic mass is 16.3. The number of hydrogen-bond acceptors (Lipinski definition) is 2.